The lowest BCUT2D eigenvalue weighted by molar-refractivity contribution is -0.139. The Hall–Kier alpha value is -4.05. The van der Waals surface area contributed by atoms with Gasteiger partial charge in [-0.2, -0.15) is 0 Å². The number of amides is 2. The lowest BCUT2D eigenvalue weighted by Crippen LogP contribution is -2.52. The summed E-state index contributed by atoms with van der Waals surface area (Å²) < 4.78 is 39.8. The number of hydrogen-bond acceptors (Lipinski definition) is 6. The molecule has 2 amide bonds. The number of nitrogens with one attached hydrogen (secondary N) is 1. The van der Waals surface area contributed by atoms with Gasteiger partial charge in [0, 0.05) is 12.6 Å². The first-order chi connectivity index (χ1) is 20.2. The first kappa shape index (κ1) is 30.9. The first-order valence-corrected chi connectivity index (χ1v) is 15.7. The third kappa shape index (κ3) is 7.61. The van der Waals surface area contributed by atoms with Crippen LogP contribution in [0.2, 0.25) is 0 Å². The molecule has 1 unspecified atom stereocenters. The van der Waals surface area contributed by atoms with E-state index in [0.717, 1.165) is 35.6 Å². The fourth-order valence-electron chi connectivity index (χ4n) is 5.07. The van der Waals surface area contributed by atoms with Crippen molar-refractivity contribution >= 4 is 27.5 Å². The van der Waals surface area contributed by atoms with E-state index in [4.69, 9.17) is 9.47 Å². The van der Waals surface area contributed by atoms with Crippen LogP contribution in [-0.4, -0.2) is 57.5 Å². The van der Waals surface area contributed by atoms with Crippen molar-refractivity contribution in [3.05, 3.63) is 84.4 Å². The number of hydrogen-bond donors (Lipinski definition) is 1. The Morgan fingerprint density at radius 2 is 1.64 bits per heavy atom. The van der Waals surface area contributed by atoms with Crippen LogP contribution in [0.4, 0.5) is 5.69 Å². The Morgan fingerprint density at radius 3 is 2.29 bits per heavy atom. The van der Waals surface area contributed by atoms with Crippen LogP contribution in [-0.2, 0) is 26.2 Å². The molecule has 1 aliphatic carbocycles. The van der Waals surface area contributed by atoms with Crippen LogP contribution in [0.3, 0.4) is 0 Å². The molecule has 1 saturated carbocycles. The number of methoxy groups -OCH3 is 1. The van der Waals surface area contributed by atoms with E-state index in [1.807, 2.05) is 19.1 Å². The molecule has 1 atom stereocenters. The maximum Gasteiger partial charge on any atom is 0.264 e. The number of ether oxygens (including phenoxy) is 2. The van der Waals surface area contributed by atoms with Crippen molar-refractivity contribution in [2.75, 3.05) is 24.6 Å². The number of carbonyl (C=O) groups is 2. The predicted molar refractivity (Wildman–Crippen MR) is 162 cm³/mol. The maximum absolute atomic E-state index is 14.1. The van der Waals surface area contributed by atoms with E-state index in [-0.39, 0.29) is 23.4 Å². The smallest absolute Gasteiger partial charge is 0.264 e. The van der Waals surface area contributed by atoms with Crippen molar-refractivity contribution in [1.29, 1.82) is 0 Å². The molecule has 0 aliphatic heterocycles. The van der Waals surface area contributed by atoms with Gasteiger partial charge in [-0.25, -0.2) is 8.42 Å². The highest BCUT2D eigenvalue weighted by Gasteiger charge is 2.33. The highest BCUT2D eigenvalue weighted by atomic mass is 32.2. The predicted octanol–water partition coefficient (Wildman–Crippen LogP) is 4.77. The summed E-state index contributed by atoms with van der Waals surface area (Å²) in [5, 5.41) is 3.08. The summed E-state index contributed by atoms with van der Waals surface area (Å²) in [5.41, 5.74) is 1.06. The van der Waals surface area contributed by atoms with Gasteiger partial charge in [-0.1, -0.05) is 43.2 Å². The molecule has 0 bridgehead atoms. The molecule has 0 spiro atoms. The molecule has 1 fully saturated rings. The van der Waals surface area contributed by atoms with Crippen molar-refractivity contribution in [3.8, 4) is 11.5 Å². The normalized spacial score (nSPS) is 14.2. The summed E-state index contributed by atoms with van der Waals surface area (Å²) in [6.07, 6.45) is 3.92. The quantitative estimate of drug-likeness (QED) is 0.306. The van der Waals surface area contributed by atoms with Gasteiger partial charge in [0.25, 0.3) is 10.0 Å². The number of sulfonamides is 1. The molecule has 1 aliphatic rings. The van der Waals surface area contributed by atoms with E-state index in [9.17, 15) is 18.0 Å². The van der Waals surface area contributed by atoms with E-state index in [2.05, 4.69) is 5.32 Å². The van der Waals surface area contributed by atoms with Crippen molar-refractivity contribution in [1.82, 2.24) is 10.2 Å². The highest BCUT2D eigenvalue weighted by molar-refractivity contribution is 7.92. The standard InChI is InChI=1S/C32H39N3O6S/c1-4-41-28-19-17-27(18-20-28)35(42(38,39)30-15-6-5-7-16-30)23-31(36)34(22-25-11-10-14-29(21-25)40-3)24(2)32(37)33-26-12-8-9-13-26/h5-7,10-11,14-21,24,26H,4,8-9,12-13,22-23H2,1-3H3,(H,33,37). The fourth-order valence-corrected chi connectivity index (χ4v) is 6.50. The number of rotatable bonds is 13. The number of carbonyl (C=O) groups excluding carboxylic acids is 2. The minimum absolute atomic E-state index is 0.0538. The van der Waals surface area contributed by atoms with Gasteiger partial charge >= 0.3 is 0 Å². The van der Waals surface area contributed by atoms with Crippen LogP contribution in [0.25, 0.3) is 0 Å². The van der Waals surface area contributed by atoms with Crippen molar-refractivity contribution in [2.24, 2.45) is 0 Å². The Bertz CT molecular complexity index is 1440. The van der Waals surface area contributed by atoms with Gasteiger partial charge in [0.05, 0.1) is 24.3 Å². The van der Waals surface area contributed by atoms with Gasteiger partial charge in [-0.05, 0) is 80.8 Å². The second kappa shape index (κ2) is 14.2. The van der Waals surface area contributed by atoms with E-state index in [0.29, 0.717) is 23.8 Å². The van der Waals surface area contributed by atoms with E-state index in [1.165, 1.54) is 17.0 Å². The zero-order chi connectivity index (χ0) is 30.1. The summed E-state index contributed by atoms with van der Waals surface area (Å²) in [6, 6.07) is 21.0. The van der Waals surface area contributed by atoms with Crippen molar-refractivity contribution in [3.63, 3.8) is 0 Å². The Morgan fingerprint density at radius 1 is 0.952 bits per heavy atom. The van der Waals surface area contributed by atoms with Gasteiger partial charge in [-0.15, -0.1) is 0 Å². The minimum Gasteiger partial charge on any atom is -0.497 e. The Balaban J connectivity index is 1.68. The lowest BCUT2D eigenvalue weighted by Gasteiger charge is -2.32. The summed E-state index contributed by atoms with van der Waals surface area (Å²) >= 11 is 0. The van der Waals surface area contributed by atoms with Crippen molar-refractivity contribution < 1.29 is 27.5 Å². The maximum atomic E-state index is 14.1. The Labute approximate surface area is 248 Å². The molecule has 1 N–H and O–H groups in total. The molecule has 3 aromatic carbocycles. The van der Waals surface area contributed by atoms with Crippen LogP contribution in [0.5, 0.6) is 11.5 Å². The molecule has 0 heterocycles. The second-order valence-electron chi connectivity index (χ2n) is 10.3. The second-order valence-corrected chi connectivity index (χ2v) is 12.2. The molecule has 10 heteroatoms. The summed E-state index contributed by atoms with van der Waals surface area (Å²) in [5.74, 6) is 0.420. The number of anilines is 1. The molecular weight excluding hydrogens is 554 g/mol. The van der Waals surface area contributed by atoms with Crippen LogP contribution in [0.15, 0.2) is 83.8 Å². The molecule has 3 aromatic rings. The topological polar surface area (TPSA) is 105 Å². The van der Waals surface area contributed by atoms with Gasteiger partial charge in [0.15, 0.2) is 0 Å². The summed E-state index contributed by atoms with van der Waals surface area (Å²) in [4.78, 5) is 28.9. The molecule has 0 radical (unpaired) electrons. The highest BCUT2D eigenvalue weighted by Crippen LogP contribution is 2.27. The molecule has 224 valence electrons. The molecule has 0 aromatic heterocycles. The van der Waals surface area contributed by atoms with E-state index < -0.39 is 28.5 Å². The van der Waals surface area contributed by atoms with Gasteiger partial charge < -0.3 is 19.7 Å². The third-order valence-corrected chi connectivity index (χ3v) is 9.19. The molecule has 9 nitrogen and oxygen atoms in total. The van der Waals surface area contributed by atoms with Crippen LogP contribution in [0, 0.1) is 0 Å². The molecule has 4 rings (SSSR count). The lowest BCUT2D eigenvalue weighted by atomic mass is 10.1. The fraction of sp³-hybridized carbons (Fsp3) is 0.375. The third-order valence-electron chi connectivity index (χ3n) is 7.40. The molecule has 42 heavy (non-hydrogen) atoms. The van der Waals surface area contributed by atoms with Gasteiger partial charge in [0.2, 0.25) is 11.8 Å². The zero-order valence-electron chi connectivity index (χ0n) is 24.4. The average molecular weight is 594 g/mol. The van der Waals surface area contributed by atoms with Gasteiger partial charge in [-0.3, -0.25) is 13.9 Å². The minimum atomic E-state index is -4.13. The van der Waals surface area contributed by atoms with Crippen molar-refractivity contribution in [2.45, 2.75) is 63.1 Å². The largest absolute Gasteiger partial charge is 0.497 e. The van der Waals surface area contributed by atoms with Crippen LogP contribution < -0.4 is 19.1 Å². The van der Waals surface area contributed by atoms with Crippen LogP contribution in [0.1, 0.15) is 45.1 Å². The average Bonchev–Trinajstić information content (AvgIpc) is 3.52. The number of benzene rings is 3. The molecule has 0 saturated heterocycles. The van der Waals surface area contributed by atoms with E-state index in [1.54, 1.807) is 68.6 Å². The van der Waals surface area contributed by atoms with Crippen LogP contribution >= 0.6 is 0 Å². The van der Waals surface area contributed by atoms with Gasteiger partial charge in [0.1, 0.15) is 24.1 Å². The first-order valence-electron chi connectivity index (χ1n) is 14.3. The van der Waals surface area contributed by atoms with E-state index >= 15 is 0 Å². The zero-order valence-corrected chi connectivity index (χ0v) is 25.2. The summed E-state index contributed by atoms with van der Waals surface area (Å²) in [6.45, 7) is 3.59. The summed E-state index contributed by atoms with van der Waals surface area (Å²) in [7, 11) is -2.57. The monoisotopic (exact) mass is 593 g/mol. The molecular formula is C32H39N3O6S. The Kier molecular flexibility index (Phi) is 10.5. The SMILES string of the molecule is CCOc1ccc(N(CC(=O)N(Cc2cccc(OC)c2)C(C)C(=O)NC2CCCC2)S(=O)(=O)c2ccccc2)cc1. The number of nitrogens with zero attached hydrogens (tertiary/aromatic N) is 2.